The van der Waals surface area contributed by atoms with Crippen molar-refractivity contribution in [3.05, 3.63) is 47.2 Å². The Bertz CT molecular complexity index is 847. The van der Waals surface area contributed by atoms with E-state index in [1.165, 1.54) is 0 Å². The molecule has 170 valence electrons. The van der Waals surface area contributed by atoms with E-state index in [4.69, 9.17) is 21.4 Å². The van der Waals surface area contributed by atoms with Crippen LogP contribution in [0.1, 0.15) is 50.9 Å². The molecule has 0 unspecified atom stereocenters. The number of allylic oxidation sites excluding steroid dienone is 1. The normalized spacial score (nSPS) is 18.2. The molecule has 0 spiro atoms. The molecule has 2 rings (SSSR count). The first kappa shape index (κ1) is 25.2. The monoisotopic (exact) mass is 462 g/mol. The van der Waals surface area contributed by atoms with Gasteiger partial charge in [0, 0.05) is 17.3 Å². The molecule has 31 heavy (non-hydrogen) atoms. The maximum atomic E-state index is 12.7. The second-order valence-electron chi connectivity index (χ2n) is 9.17. The summed E-state index contributed by atoms with van der Waals surface area (Å²) < 4.78 is 11.6. The fourth-order valence-corrected chi connectivity index (χ4v) is 4.29. The molecule has 0 radical (unpaired) electrons. The number of carbonyl (C=O) groups is 2. The van der Waals surface area contributed by atoms with Crippen LogP contribution in [0.3, 0.4) is 0 Å². The van der Waals surface area contributed by atoms with Crippen molar-refractivity contribution < 1.29 is 18.8 Å². The van der Waals surface area contributed by atoms with Crippen LogP contribution in [-0.4, -0.2) is 44.4 Å². The highest BCUT2D eigenvalue weighted by atomic mass is 32.1. The minimum absolute atomic E-state index is 0.0702. The highest BCUT2D eigenvalue weighted by molar-refractivity contribution is 7.81. The first-order chi connectivity index (χ1) is 14.5. The SMILES string of the molecule is CCOC(=O)/C(C(=S)NC(=O)c1ccccc1)=C1/CC[C@@H](CO[Si](C)(C)C(C)(C)C)N1. The van der Waals surface area contributed by atoms with Crippen molar-refractivity contribution in [1.82, 2.24) is 10.6 Å². The molecule has 1 aromatic carbocycles. The Labute approximate surface area is 191 Å². The Morgan fingerprint density at radius 1 is 1.23 bits per heavy atom. The van der Waals surface area contributed by atoms with Crippen molar-refractivity contribution in [2.45, 2.75) is 64.7 Å². The van der Waals surface area contributed by atoms with Crippen LogP contribution in [-0.2, 0) is 14.0 Å². The molecule has 0 saturated carbocycles. The van der Waals surface area contributed by atoms with Gasteiger partial charge in [-0.15, -0.1) is 0 Å². The van der Waals surface area contributed by atoms with Crippen molar-refractivity contribution in [1.29, 1.82) is 0 Å². The zero-order valence-electron chi connectivity index (χ0n) is 19.3. The molecule has 1 aliphatic rings. The second kappa shape index (κ2) is 10.5. The fourth-order valence-electron chi connectivity index (χ4n) is 2.94. The van der Waals surface area contributed by atoms with Gasteiger partial charge in [-0.25, -0.2) is 4.79 Å². The van der Waals surface area contributed by atoms with Crippen LogP contribution < -0.4 is 10.6 Å². The van der Waals surface area contributed by atoms with Gasteiger partial charge in [0.1, 0.15) is 10.6 Å². The second-order valence-corrected chi connectivity index (χ2v) is 14.4. The summed E-state index contributed by atoms with van der Waals surface area (Å²) in [6, 6.07) is 8.84. The first-order valence-electron chi connectivity index (χ1n) is 10.7. The van der Waals surface area contributed by atoms with E-state index in [9.17, 15) is 9.59 Å². The number of amides is 1. The lowest BCUT2D eigenvalue weighted by Gasteiger charge is -2.37. The first-order valence-corrected chi connectivity index (χ1v) is 14.0. The number of hydrogen-bond donors (Lipinski definition) is 2. The van der Waals surface area contributed by atoms with Crippen LogP contribution in [0.5, 0.6) is 0 Å². The van der Waals surface area contributed by atoms with E-state index in [1.54, 1.807) is 31.2 Å². The van der Waals surface area contributed by atoms with Crippen molar-refractivity contribution in [3.63, 3.8) is 0 Å². The number of thiocarbonyl (C=S) groups is 1. The van der Waals surface area contributed by atoms with E-state index < -0.39 is 14.3 Å². The summed E-state index contributed by atoms with van der Waals surface area (Å²) in [5.41, 5.74) is 1.38. The Balaban J connectivity index is 2.14. The highest BCUT2D eigenvalue weighted by Gasteiger charge is 2.38. The van der Waals surface area contributed by atoms with E-state index in [1.807, 2.05) is 6.07 Å². The molecule has 1 aliphatic heterocycles. The fraction of sp³-hybridized carbons (Fsp3) is 0.522. The molecule has 0 aliphatic carbocycles. The largest absolute Gasteiger partial charge is 0.462 e. The maximum absolute atomic E-state index is 12.7. The summed E-state index contributed by atoms with van der Waals surface area (Å²) in [7, 11) is -1.87. The molecule has 1 aromatic rings. The van der Waals surface area contributed by atoms with Gasteiger partial charge in [0.25, 0.3) is 5.91 Å². The van der Waals surface area contributed by atoms with Gasteiger partial charge < -0.3 is 19.8 Å². The number of ether oxygens (including phenoxy) is 1. The number of nitrogens with one attached hydrogen (secondary N) is 2. The third-order valence-electron chi connectivity index (χ3n) is 5.84. The third kappa shape index (κ3) is 6.72. The maximum Gasteiger partial charge on any atom is 0.342 e. The summed E-state index contributed by atoms with van der Waals surface area (Å²) >= 11 is 5.44. The average molecular weight is 463 g/mol. The van der Waals surface area contributed by atoms with Crippen LogP contribution >= 0.6 is 12.2 Å². The number of rotatable bonds is 7. The molecule has 0 bridgehead atoms. The molecular formula is C23H34N2O4SSi. The summed E-state index contributed by atoms with van der Waals surface area (Å²) in [6.45, 7) is 13.6. The average Bonchev–Trinajstić information content (AvgIpc) is 3.15. The van der Waals surface area contributed by atoms with Crippen molar-refractivity contribution in [3.8, 4) is 0 Å². The highest BCUT2D eigenvalue weighted by Crippen LogP contribution is 2.37. The van der Waals surface area contributed by atoms with Crippen LogP contribution in [0.15, 0.2) is 41.6 Å². The predicted molar refractivity (Wildman–Crippen MR) is 129 cm³/mol. The van der Waals surface area contributed by atoms with Gasteiger partial charge in [0.2, 0.25) is 0 Å². The van der Waals surface area contributed by atoms with Crippen LogP contribution in [0.25, 0.3) is 0 Å². The number of esters is 1. The van der Waals surface area contributed by atoms with Gasteiger partial charge in [-0.05, 0) is 50.0 Å². The van der Waals surface area contributed by atoms with E-state index in [0.29, 0.717) is 24.3 Å². The summed E-state index contributed by atoms with van der Waals surface area (Å²) in [6.07, 6.45) is 1.46. The minimum Gasteiger partial charge on any atom is -0.462 e. The van der Waals surface area contributed by atoms with Crippen LogP contribution in [0.4, 0.5) is 0 Å². The third-order valence-corrected chi connectivity index (χ3v) is 10.7. The topological polar surface area (TPSA) is 76.7 Å². The molecule has 6 nitrogen and oxygen atoms in total. The Morgan fingerprint density at radius 3 is 2.45 bits per heavy atom. The van der Waals surface area contributed by atoms with Crippen LogP contribution in [0, 0.1) is 0 Å². The van der Waals surface area contributed by atoms with Gasteiger partial charge >= 0.3 is 5.97 Å². The van der Waals surface area contributed by atoms with Crippen molar-refractivity contribution in [2.75, 3.05) is 13.2 Å². The molecule has 1 heterocycles. The molecule has 8 heteroatoms. The van der Waals surface area contributed by atoms with Crippen molar-refractivity contribution >= 4 is 37.4 Å². The van der Waals surface area contributed by atoms with E-state index >= 15 is 0 Å². The molecule has 1 atom stereocenters. The van der Waals surface area contributed by atoms with Gasteiger partial charge in [-0.1, -0.05) is 51.2 Å². The number of carbonyl (C=O) groups excluding carboxylic acids is 2. The molecular weight excluding hydrogens is 428 g/mol. The van der Waals surface area contributed by atoms with Gasteiger partial charge in [-0.3, -0.25) is 4.79 Å². The zero-order chi connectivity index (χ0) is 23.2. The lowest BCUT2D eigenvalue weighted by atomic mass is 10.1. The van der Waals surface area contributed by atoms with E-state index in [-0.39, 0.29) is 34.2 Å². The Kier molecular flexibility index (Phi) is 8.56. The quantitative estimate of drug-likeness (QED) is 0.272. The summed E-state index contributed by atoms with van der Waals surface area (Å²) in [5.74, 6) is -0.891. The van der Waals surface area contributed by atoms with Crippen LogP contribution in [0.2, 0.25) is 18.1 Å². The number of hydrogen-bond acceptors (Lipinski definition) is 6. The molecule has 2 N–H and O–H groups in total. The standard InChI is InChI=1S/C23H34N2O4SSi/c1-7-28-22(27)19(21(30)25-20(26)16-11-9-8-10-12-16)18-14-13-17(24-18)15-29-31(5,6)23(2,3)4/h8-12,17,24H,7,13-15H2,1-6H3,(H,25,26,30)/b19-18-/t17-/m0/s1. The lowest BCUT2D eigenvalue weighted by Crippen LogP contribution is -2.44. The van der Waals surface area contributed by atoms with E-state index in [0.717, 1.165) is 6.42 Å². The molecule has 1 amide bonds. The zero-order valence-corrected chi connectivity index (χ0v) is 21.2. The number of benzene rings is 1. The Morgan fingerprint density at radius 2 is 1.87 bits per heavy atom. The molecule has 1 fully saturated rings. The Hall–Kier alpha value is -2.03. The predicted octanol–water partition coefficient (Wildman–Crippen LogP) is 4.33. The van der Waals surface area contributed by atoms with Gasteiger partial charge in [-0.2, -0.15) is 0 Å². The summed E-state index contributed by atoms with van der Waals surface area (Å²) in [4.78, 5) is 25.2. The van der Waals surface area contributed by atoms with Crippen molar-refractivity contribution in [2.24, 2.45) is 0 Å². The lowest BCUT2D eigenvalue weighted by molar-refractivity contribution is -0.137. The minimum atomic E-state index is -1.87. The van der Waals surface area contributed by atoms with E-state index in [2.05, 4.69) is 44.5 Å². The van der Waals surface area contributed by atoms with Gasteiger partial charge in [0.15, 0.2) is 8.32 Å². The molecule has 1 saturated heterocycles. The van der Waals surface area contributed by atoms with Gasteiger partial charge in [0.05, 0.1) is 13.2 Å². The smallest absolute Gasteiger partial charge is 0.342 e. The molecule has 0 aromatic heterocycles. The summed E-state index contributed by atoms with van der Waals surface area (Å²) in [5, 5.41) is 6.19.